The number of aryl methyl sites for hydroxylation is 1. The van der Waals surface area contributed by atoms with Crippen LogP contribution in [0.15, 0.2) is 48.1 Å². The lowest BCUT2D eigenvalue weighted by molar-refractivity contribution is 0.134. The number of benzene rings is 1. The van der Waals surface area contributed by atoms with Gasteiger partial charge in [-0.05, 0) is 24.1 Å². The van der Waals surface area contributed by atoms with Crippen LogP contribution >= 0.6 is 11.3 Å². The monoisotopic (exact) mass is 410 g/mol. The molecule has 0 radical (unpaired) electrons. The maximum absolute atomic E-state index is 12.6. The van der Waals surface area contributed by atoms with E-state index in [1.54, 1.807) is 17.5 Å². The van der Waals surface area contributed by atoms with Crippen molar-refractivity contribution in [2.24, 2.45) is 0 Å². The summed E-state index contributed by atoms with van der Waals surface area (Å²) in [6.07, 6.45) is 3.72. The second kappa shape index (κ2) is 9.19. The van der Waals surface area contributed by atoms with Crippen molar-refractivity contribution >= 4 is 17.4 Å². The van der Waals surface area contributed by atoms with Crippen LogP contribution in [0.3, 0.4) is 0 Å². The van der Waals surface area contributed by atoms with Crippen LogP contribution in [-0.4, -0.2) is 56.8 Å². The van der Waals surface area contributed by atoms with E-state index in [2.05, 4.69) is 37.8 Å². The Morgan fingerprint density at radius 2 is 1.90 bits per heavy atom. The molecule has 4 rings (SSSR count). The van der Waals surface area contributed by atoms with Gasteiger partial charge in [-0.1, -0.05) is 24.3 Å². The summed E-state index contributed by atoms with van der Waals surface area (Å²) in [6.45, 7) is 7.35. The highest BCUT2D eigenvalue weighted by Gasteiger charge is 2.21. The molecule has 7 nitrogen and oxygen atoms in total. The van der Waals surface area contributed by atoms with Crippen molar-refractivity contribution < 1.29 is 4.79 Å². The predicted octanol–water partition coefficient (Wildman–Crippen LogP) is 2.72. The maximum Gasteiger partial charge on any atom is 0.317 e. The van der Waals surface area contributed by atoms with E-state index in [4.69, 9.17) is 0 Å². The molecule has 29 heavy (non-hydrogen) atoms. The zero-order chi connectivity index (χ0) is 20.1. The fraction of sp³-hybridized carbons (Fsp3) is 0.381. The van der Waals surface area contributed by atoms with E-state index in [1.165, 1.54) is 5.56 Å². The van der Waals surface area contributed by atoms with Crippen LogP contribution in [0, 0.1) is 6.92 Å². The van der Waals surface area contributed by atoms with Gasteiger partial charge in [0.05, 0.1) is 17.2 Å². The summed E-state index contributed by atoms with van der Waals surface area (Å²) in [5, 5.41) is 10.6. The summed E-state index contributed by atoms with van der Waals surface area (Å²) in [4.78, 5) is 21.4. The number of carbonyl (C=O) groups is 1. The lowest BCUT2D eigenvalue weighted by Crippen LogP contribution is -2.51. The molecule has 3 aromatic rings. The quantitative estimate of drug-likeness (QED) is 0.679. The standard InChI is InChI=1S/C21H26N6OS/c1-17-24-20(16-29-17)15-25-9-11-26(12-10-25)21(28)22-13-18-5-2-3-6-19(18)14-27-8-4-7-23-27/h2-8,16H,9-15H2,1H3,(H,22,28). The fourth-order valence-electron chi connectivity index (χ4n) is 3.55. The number of urea groups is 1. The van der Waals surface area contributed by atoms with Crippen LogP contribution in [0.25, 0.3) is 0 Å². The topological polar surface area (TPSA) is 66.3 Å². The Bertz CT molecular complexity index is 930. The van der Waals surface area contributed by atoms with Gasteiger partial charge in [-0.15, -0.1) is 11.3 Å². The van der Waals surface area contributed by atoms with Crippen LogP contribution < -0.4 is 5.32 Å². The Balaban J connectivity index is 1.26. The Kier molecular flexibility index (Phi) is 6.21. The average molecular weight is 411 g/mol. The van der Waals surface area contributed by atoms with E-state index in [0.29, 0.717) is 13.1 Å². The molecule has 2 amide bonds. The minimum absolute atomic E-state index is 0.00282. The Morgan fingerprint density at radius 3 is 2.59 bits per heavy atom. The van der Waals surface area contributed by atoms with Gasteiger partial charge in [0.15, 0.2) is 0 Å². The van der Waals surface area contributed by atoms with E-state index in [0.717, 1.165) is 49.0 Å². The van der Waals surface area contributed by atoms with Crippen molar-refractivity contribution in [3.63, 3.8) is 0 Å². The molecule has 0 saturated carbocycles. The van der Waals surface area contributed by atoms with E-state index >= 15 is 0 Å². The van der Waals surface area contributed by atoms with E-state index in [-0.39, 0.29) is 6.03 Å². The largest absolute Gasteiger partial charge is 0.334 e. The third-order valence-corrected chi connectivity index (χ3v) is 5.97. The molecule has 0 unspecified atom stereocenters. The molecule has 8 heteroatoms. The van der Waals surface area contributed by atoms with E-state index in [9.17, 15) is 4.79 Å². The lowest BCUT2D eigenvalue weighted by atomic mass is 10.1. The average Bonchev–Trinajstić information content (AvgIpc) is 3.39. The lowest BCUT2D eigenvalue weighted by Gasteiger charge is -2.34. The third-order valence-electron chi connectivity index (χ3n) is 5.15. The first-order chi connectivity index (χ1) is 14.2. The van der Waals surface area contributed by atoms with Crippen LogP contribution in [-0.2, 0) is 19.6 Å². The molecule has 152 valence electrons. The van der Waals surface area contributed by atoms with Crippen molar-refractivity contribution in [1.29, 1.82) is 0 Å². The first-order valence-electron chi connectivity index (χ1n) is 9.88. The first kappa shape index (κ1) is 19.6. The zero-order valence-electron chi connectivity index (χ0n) is 16.6. The molecule has 2 aromatic heterocycles. The highest BCUT2D eigenvalue weighted by molar-refractivity contribution is 7.09. The third kappa shape index (κ3) is 5.21. The van der Waals surface area contributed by atoms with Gasteiger partial charge in [-0.3, -0.25) is 9.58 Å². The first-order valence-corrected chi connectivity index (χ1v) is 10.8. The van der Waals surface area contributed by atoms with Crippen molar-refractivity contribution in [3.8, 4) is 0 Å². The number of carbonyl (C=O) groups excluding carboxylic acids is 1. The van der Waals surface area contributed by atoms with Gasteiger partial charge in [0, 0.05) is 57.0 Å². The number of amides is 2. The molecule has 1 aliphatic heterocycles. The van der Waals surface area contributed by atoms with Crippen LogP contribution in [0.4, 0.5) is 4.79 Å². The molecule has 0 aliphatic carbocycles. The summed E-state index contributed by atoms with van der Waals surface area (Å²) in [5.74, 6) is 0. The van der Waals surface area contributed by atoms with Gasteiger partial charge >= 0.3 is 6.03 Å². The second-order valence-electron chi connectivity index (χ2n) is 7.25. The van der Waals surface area contributed by atoms with Crippen LogP contribution in [0.1, 0.15) is 21.8 Å². The molecular weight excluding hydrogens is 384 g/mol. The molecule has 1 fully saturated rings. The van der Waals surface area contributed by atoms with Gasteiger partial charge in [-0.25, -0.2) is 9.78 Å². The van der Waals surface area contributed by atoms with Crippen molar-refractivity contribution in [2.45, 2.75) is 26.6 Å². The van der Waals surface area contributed by atoms with Crippen LogP contribution in [0.5, 0.6) is 0 Å². The molecule has 0 atom stereocenters. The molecule has 3 heterocycles. The number of nitrogens with one attached hydrogen (secondary N) is 1. The van der Waals surface area contributed by atoms with Gasteiger partial charge in [0.1, 0.15) is 0 Å². The molecule has 1 N–H and O–H groups in total. The highest BCUT2D eigenvalue weighted by atomic mass is 32.1. The minimum Gasteiger partial charge on any atom is -0.334 e. The molecular formula is C21H26N6OS. The Labute approximate surface area is 175 Å². The van der Waals surface area contributed by atoms with Crippen molar-refractivity contribution in [2.75, 3.05) is 26.2 Å². The summed E-state index contributed by atoms with van der Waals surface area (Å²) < 4.78 is 1.89. The molecule has 1 aromatic carbocycles. The SMILES string of the molecule is Cc1nc(CN2CCN(C(=O)NCc3ccccc3Cn3cccn3)CC2)cs1. The summed E-state index contributed by atoms with van der Waals surface area (Å²) in [7, 11) is 0. The van der Waals surface area contributed by atoms with Crippen molar-refractivity contribution in [1.82, 2.24) is 29.9 Å². The molecule has 0 spiro atoms. The zero-order valence-corrected chi connectivity index (χ0v) is 17.4. The number of piperazine rings is 1. The molecule has 0 bridgehead atoms. The molecule has 1 saturated heterocycles. The van der Waals surface area contributed by atoms with Gasteiger partial charge in [0.2, 0.25) is 0 Å². The van der Waals surface area contributed by atoms with Gasteiger partial charge in [-0.2, -0.15) is 5.10 Å². The number of aromatic nitrogens is 3. The van der Waals surface area contributed by atoms with E-state index < -0.39 is 0 Å². The number of rotatable bonds is 6. The van der Waals surface area contributed by atoms with Crippen LogP contribution in [0.2, 0.25) is 0 Å². The Hall–Kier alpha value is -2.71. The summed E-state index contributed by atoms with van der Waals surface area (Å²) >= 11 is 1.69. The van der Waals surface area contributed by atoms with Gasteiger partial charge < -0.3 is 10.2 Å². The number of thiazole rings is 1. The highest BCUT2D eigenvalue weighted by Crippen LogP contribution is 2.13. The smallest absolute Gasteiger partial charge is 0.317 e. The minimum atomic E-state index is 0.00282. The summed E-state index contributed by atoms with van der Waals surface area (Å²) in [6, 6.07) is 10.1. The summed E-state index contributed by atoms with van der Waals surface area (Å²) in [5.41, 5.74) is 3.41. The number of hydrogen-bond acceptors (Lipinski definition) is 5. The Morgan fingerprint density at radius 1 is 1.10 bits per heavy atom. The van der Waals surface area contributed by atoms with Crippen molar-refractivity contribution in [3.05, 3.63) is 69.9 Å². The normalized spacial score (nSPS) is 14.9. The van der Waals surface area contributed by atoms with E-state index in [1.807, 2.05) is 40.9 Å². The number of hydrogen-bond donors (Lipinski definition) is 1. The fourth-order valence-corrected chi connectivity index (χ4v) is 4.16. The molecule has 1 aliphatic rings. The predicted molar refractivity (Wildman–Crippen MR) is 114 cm³/mol. The van der Waals surface area contributed by atoms with Gasteiger partial charge in [0.25, 0.3) is 0 Å². The second-order valence-corrected chi connectivity index (χ2v) is 8.31. The number of nitrogens with zero attached hydrogens (tertiary/aromatic N) is 5. The maximum atomic E-state index is 12.6.